The predicted molar refractivity (Wildman–Crippen MR) is 139 cm³/mol. The van der Waals surface area contributed by atoms with Gasteiger partial charge in [0, 0.05) is 42.4 Å². The normalized spacial score (nSPS) is 14.0. The van der Waals surface area contributed by atoms with Crippen LogP contribution < -0.4 is 25.0 Å². The van der Waals surface area contributed by atoms with Gasteiger partial charge in [-0.2, -0.15) is 0 Å². The molecule has 0 radical (unpaired) electrons. The Bertz CT molecular complexity index is 1410. The Labute approximate surface area is 217 Å². The van der Waals surface area contributed by atoms with Crippen molar-refractivity contribution in [2.45, 2.75) is 20.0 Å². The average molecular weight is 526 g/mol. The summed E-state index contributed by atoms with van der Waals surface area (Å²) in [6.45, 7) is 1.50. The molecule has 2 N–H and O–H groups in total. The second kappa shape index (κ2) is 10.8. The van der Waals surface area contributed by atoms with Crippen molar-refractivity contribution >= 4 is 29.2 Å². The van der Waals surface area contributed by atoms with Gasteiger partial charge in [-0.05, 0) is 30.7 Å². The second-order valence-corrected chi connectivity index (χ2v) is 8.52. The van der Waals surface area contributed by atoms with E-state index in [4.69, 9.17) is 15.2 Å². The van der Waals surface area contributed by atoms with Gasteiger partial charge in [0.2, 0.25) is 0 Å². The zero-order valence-electron chi connectivity index (χ0n) is 21.3. The zero-order valence-corrected chi connectivity index (χ0v) is 21.3. The number of aliphatic imine (C=N–C) groups is 1. The summed E-state index contributed by atoms with van der Waals surface area (Å²) in [5, 5.41) is 0. The number of hydrogen-bond acceptors (Lipinski definition) is 6. The number of pyridine rings is 1. The quantitative estimate of drug-likeness (QED) is 0.436. The molecule has 4 rings (SSSR count). The summed E-state index contributed by atoms with van der Waals surface area (Å²) in [5.74, 6) is -3.13. The highest BCUT2D eigenvalue weighted by molar-refractivity contribution is 6.11. The third-order valence-corrected chi connectivity index (χ3v) is 6.08. The molecule has 1 aliphatic rings. The summed E-state index contributed by atoms with van der Waals surface area (Å²) in [5.41, 5.74) is 8.45. The Kier molecular flexibility index (Phi) is 7.56. The molecule has 0 fully saturated rings. The first kappa shape index (κ1) is 26.5. The van der Waals surface area contributed by atoms with Crippen molar-refractivity contribution in [2.24, 2.45) is 10.7 Å². The largest absolute Gasteiger partial charge is 0.493 e. The third kappa shape index (κ3) is 4.86. The van der Waals surface area contributed by atoms with Crippen molar-refractivity contribution in [3.63, 3.8) is 0 Å². The first-order chi connectivity index (χ1) is 18.2. The van der Waals surface area contributed by atoms with Gasteiger partial charge >= 0.3 is 6.03 Å². The molecule has 11 heteroatoms. The Morgan fingerprint density at radius 3 is 2.29 bits per heavy atom. The number of amides is 2. The number of ether oxygens (including phenoxy) is 2. The third-order valence-electron chi connectivity index (χ3n) is 6.08. The first-order valence-corrected chi connectivity index (χ1v) is 11.5. The molecule has 38 heavy (non-hydrogen) atoms. The summed E-state index contributed by atoms with van der Waals surface area (Å²) < 4.78 is 54.5. The smallest absolute Gasteiger partial charge is 0.329 e. The summed E-state index contributed by atoms with van der Waals surface area (Å²) >= 11 is 0. The number of aromatic nitrogens is 1. The van der Waals surface area contributed by atoms with E-state index in [1.807, 2.05) is 0 Å². The monoisotopic (exact) mass is 525 g/mol. The number of fused-ring (bicyclic) bond motifs is 1. The maximum Gasteiger partial charge on any atom is 0.329 e. The highest BCUT2D eigenvalue weighted by atomic mass is 19.1. The molecule has 1 aliphatic heterocycles. The molecule has 8 nitrogen and oxygen atoms in total. The minimum Gasteiger partial charge on any atom is -0.493 e. The molecular weight excluding hydrogens is 499 g/mol. The van der Waals surface area contributed by atoms with E-state index < -0.39 is 29.2 Å². The van der Waals surface area contributed by atoms with Crippen LogP contribution in [0.1, 0.15) is 23.7 Å². The minimum absolute atomic E-state index is 0.0150. The molecule has 0 unspecified atom stereocenters. The molecule has 198 valence electrons. The molecular formula is C27H26F3N5O3. The van der Waals surface area contributed by atoms with Crippen LogP contribution in [0.5, 0.6) is 11.5 Å². The van der Waals surface area contributed by atoms with Crippen LogP contribution in [0.4, 0.5) is 29.3 Å². The van der Waals surface area contributed by atoms with E-state index in [1.54, 1.807) is 26.3 Å². The van der Waals surface area contributed by atoms with Crippen LogP contribution in [0.3, 0.4) is 0 Å². The van der Waals surface area contributed by atoms with E-state index in [2.05, 4.69) is 9.98 Å². The van der Waals surface area contributed by atoms with Crippen LogP contribution in [-0.2, 0) is 13.1 Å². The molecule has 2 heterocycles. The number of anilines is 2. The number of rotatable bonds is 7. The van der Waals surface area contributed by atoms with E-state index >= 15 is 8.78 Å². The summed E-state index contributed by atoms with van der Waals surface area (Å²) in [7, 11) is 4.04. The van der Waals surface area contributed by atoms with Crippen molar-refractivity contribution in [3.05, 3.63) is 82.6 Å². The van der Waals surface area contributed by atoms with Crippen LogP contribution in [0.15, 0.2) is 53.3 Å². The van der Waals surface area contributed by atoms with Crippen LogP contribution in [-0.4, -0.2) is 38.5 Å². The van der Waals surface area contributed by atoms with E-state index in [1.165, 1.54) is 49.6 Å². The average Bonchev–Trinajstić information content (AvgIpc) is 2.90. The SMILES string of the molecule is CN=CC(=C(C)N)c1cc2c(cn1)CN(c1c(F)c(OC)cc(OC)c1F)C(=O)N2Cc1ccc(F)cc1. The zero-order chi connectivity index (χ0) is 27.6. The fourth-order valence-corrected chi connectivity index (χ4v) is 4.19. The number of allylic oxidation sites excluding steroid dienone is 2. The van der Waals surface area contributed by atoms with E-state index in [-0.39, 0.29) is 24.6 Å². The fourth-order valence-electron chi connectivity index (χ4n) is 4.19. The second-order valence-electron chi connectivity index (χ2n) is 8.52. The van der Waals surface area contributed by atoms with E-state index in [0.717, 1.165) is 11.0 Å². The number of halogens is 3. The van der Waals surface area contributed by atoms with Gasteiger partial charge in [0.15, 0.2) is 23.1 Å². The lowest BCUT2D eigenvalue weighted by Crippen LogP contribution is -2.47. The van der Waals surface area contributed by atoms with Crippen molar-refractivity contribution in [1.82, 2.24) is 4.98 Å². The lowest BCUT2D eigenvalue weighted by molar-refractivity contribution is 0.249. The van der Waals surface area contributed by atoms with Gasteiger partial charge in [0.25, 0.3) is 0 Å². The number of benzene rings is 2. The topological polar surface area (TPSA) is 93.3 Å². The van der Waals surface area contributed by atoms with E-state index in [0.29, 0.717) is 33.8 Å². The van der Waals surface area contributed by atoms with Crippen molar-refractivity contribution in [2.75, 3.05) is 31.1 Å². The number of urea groups is 1. The molecule has 0 saturated heterocycles. The Morgan fingerprint density at radius 2 is 1.74 bits per heavy atom. The van der Waals surface area contributed by atoms with Crippen LogP contribution in [0, 0.1) is 17.5 Å². The molecule has 0 bridgehead atoms. The number of carbonyl (C=O) groups is 1. The number of nitrogens with zero attached hydrogens (tertiary/aromatic N) is 4. The lowest BCUT2D eigenvalue weighted by atomic mass is 10.0. The van der Waals surface area contributed by atoms with Gasteiger partial charge in [-0.25, -0.2) is 18.0 Å². The molecule has 0 aliphatic carbocycles. The Balaban J connectivity index is 1.90. The molecule has 2 aromatic carbocycles. The van der Waals surface area contributed by atoms with Gasteiger partial charge < -0.3 is 15.2 Å². The van der Waals surface area contributed by atoms with Gasteiger partial charge in [0.1, 0.15) is 11.5 Å². The number of nitrogens with two attached hydrogens (primary N) is 1. The highest BCUT2D eigenvalue weighted by Crippen LogP contribution is 2.41. The number of methoxy groups -OCH3 is 2. The highest BCUT2D eigenvalue weighted by Gasteiger charge is 2.37. The lowest BCUT2D eigenvalue weighted by Gasteiger charge is -2.37. The van der Waals surface area contributed by atoms with Gasteiger partial charge in [-0.15, -0.1) is 0 Å². The standard InChI is InChI=1S/C27H26F3N5O3/c1-15(31)19(12-32-2)20-9-21-17(11-33-20)14-35(26-24(29)22(37-3)10-23(38-4)25(26)30)27(36)34(21)13-16-5-7-18(28)8-6-16/h5-12H,13-14,31H2,1-4H3. The van der Waals surface area contributed by atoms with Crippen molar-refractivity contribution < 1.29 is 27.4 Å². The van der Waals surface area contributed by atoms with Crippen LogP contribution in [0.25, 0.3) is 5.57 Å². The molecule has 3 aromatic rings. The maximum atomic E-state index is 15.4. The summed E-state index contributed by atoms with van der Waals surface area (Å²) in [6, 6.07) is 7.60. The molecule has 1 aromatic heterocycles. The predicted octanol–water partition coefficient (Wildman–Crippen LogP) is 5.05. The number of hydrogen-bond donors (Lipinski definition) is 1. The van der Waals surface area contributed by atoms with Crippen molar-refractivity contribution in [1.29, 1.82) is 0 Å². The Hall–Kier alpha value is -4.54. The molecule has 2 amide bonds. The molecule has 0 spiro atoms. The first-order valence-electron chi connectivity index (χ1n) is 11.5. The number of carbonyl (C=O) groups excluding carboxylic acids is 1. The maximum absolute atomic E-state index is 15.4. The van der Waals surface area contributed by atoms with Crippen LogP contribution >= 0.6 is 0 Å². The molecule has 0 atom stereocenters. The van der Waals surface area contributed by atoms with Gasteiger partial charge in [0.05, 0.1) is 38.7 Å². The fraction of sp³-hybridized carbons (Fsp3) is 0.222. The molecule has 0 saturated carbocycles. The van der Waals surface area contributed by atoms with Gasteiger partial charge in [-0.1, -0.05) is 12.1 Å². The van der Waals surface area contributed by atoms with Crippen molar-refractivity contribution in [3.8, 4) is 11.5 Å². The van der Waals surface area contributed by atoms with Gasteiger partial charge in [-0.3, -0.25) is 19.8 Å². The Morgan fingerprint density at radius 1 is 1.11 bits per heavy atom. The van der Waals surface area contributed by atoms with Crippen LogP contribution in [0.2, 0.25) is 0 Å². The summed E-state index contributed by atoms with van der Waals surface area (Å²) in [4.78, 5) is 24.7. The van der Waals surface area contributed by atoms with E-state index in [9.17, 15) is 9.18 Å². The minimum atomic E-state index is -1.06. The summed E-state index contributed by atoms with van der Waals surface area (Å²) in [6.07, 6.45) is 3.07.